The number of benzene rings is 8. The average Bonchev–Trinajstić information content (AvgIpc) is 3.52. The van der Waals surface area contributed by atoms with Gasteiger partial charge in [-0.15, -0.1) is 0 Å². The summed E-state index contributed by atoms with van der Waals surface area (Å²) in [7, 11) is 0. The van der Waals surface area contributed by atoms with E-state index in [1.807, 2.05) is 0 Å². The Balaban J connectivity index is 0.00000198. The summed E-state index contributed by atoms with van der Waals surface area (Å²) in [6.07, 6.45) is 11.0. The van der Waals surface area contributed by atoms with Crippen molar-refractivity contribution in [2.45, 2.75) is 54.0 Å². The quantitative estimate of drug-likeness (QED) is 0.155. The average molecular weight is 855 g/mol. The van der Waals surface area contributed by atoms with E-state index in [1.165, 1.54) is 102 Å². The first-order valence-electron chi connectivity index (χ1n) is 20.6. The fraction of sp³-hybridized carbons (Fsp3) is 0.185. The molecule has 278 valence electrons. The number of fused-ring (bicyclic) bond motifs is 7. The Hall–Kier alpha value is -4.26. The summed E-state index contributed by atoms with van der Waals surface area (Å²) in [6.45, 7) is 5.04. The number of rotatable bonds is 4. The van der Waals surface area contributed by atoms with Crippen LogP contribution in [0.1, 0.15) is 69.0 Å². The second-order valence-electron chi connectivity index (χ2n) is 17.1. The predicted octanol–water partition coefficient (Wildman–Crippen LogP) is 9.58. The first kappa shape index (κ1) is 37.0. The van der Waals surface area contributed by atoms with E-state index in [2.05, 4.69) is 172 Å². The van der Waals surface area contributed by atoms with Crippen molar-refractivity contribution in [1.82, 2.24) is 0 Å². The van der Waals surface area contributed by atoms with Crippen LogP contribution in [-0.4, -0.2) is 0 Å². The maximum absolute atomic E-state index is 3.13. The molecule has 3 aliphatic carbocycles. The largest absolute Gasteiger partial charge is 1.00 e. The second kappa shape index (κ2) is 13.9. The van der Waals surface area contributed by atoms with Crippen LogP contribution in [0.5, 0.6) is 0 Å². The van der Waals surface area contributed by atoms with Gasteiger partial charge >= 0.3 is 331 Å². The Labute approximate surface area is 352 Å². The van der Waals surface area contributed by atoms with Crippen molar-refractivity contribution in [1.29, 1.82) is 0 Å². The minimum absolute atomic E-state index is 0. The molecule has 4 aliphatic rings. The molecule has 3 heteroatoms. The summed E-state index contributed by atoms with van der Waals surface area (Å²) in [5.74, 6) is 0. The molecule has 4 unspecified atom stereocenters. The van der Waals surface area contributed by atoms with E-state index in [4.69, 9.17) is 0 Å². The first-order valence-corrected chi connectivity index (χ1v) is 26.2. The van der Waals surface area contributed by atoms with Crippen LogP contribution in [0.3, 0.4) is 0 Å². The Morgan fingerprint density at radius 2 is 0.772 bits per heavy atom. The van der Waals surface area contributed by atoms with Crippen LogP contribution in [0.4, 0.5) is 0 Å². The molecule has 1 saturated heterocycles. The van der Waals surface area contributed by atoms with Gasteiger partial charge in [0.1, 0.15) is 0 Å². The Morgan fingerprint density at radius 1 is 0.421 bits per heavy atom. The summed E-state index contributed by atoms with van der Waals surface area (Å²) < 4.78 is 3.12. The Bertz CT molecular complexity index is 2690. The van der Waals surface area contributed by atoms with Gasteiger partial charge in [-0.2, -0.15) is 0 Å². The van der Waals surface area contributed by atoms with Gasteiger partial charge in [-0.05, 0) is 0 Å². The molecule has 0 nitrogen and oxygen atoms in total. The normalized spacial score (nSPS) is 21.9. The molecule has 1 saturated carbocycles. The van der Waals surface area contributed by atoms with Crippen molar-refractivity contribution >= 4 is 55.2 Å². The summed E-state index contributed by atoms with van der Waals surface area (Å²) in [6, 6.07) is 55.7. The van der Waals surface area contributed by atoms with Crippen molar-refractivity contribution in [3.05, 3.63) is 179 Å². The second-order valence-corrected chi connectivity index (χ2v) is 28.5. The molecule has 0 N–H and O–H groups in total. The van der Waals surface area contributed by atoms with Gasteiger partial charge in [0, 0.05) is 0 Å². The predicted molar refractivity (Wildman–Crippen MR) is 233 cm³/mol. The molecular weight excluding hydrogens is 811 g/mol. The molecule has 1 heterocycles. The van der Waals surface area contributed by atoms with Gasteiger partial charge in [-0.3, -0.25) is 0 Å². The number of hydrogen-bond donors (Lipinski definition) is 0. The third kappa shape index (κ3) is 5.21. The van der Waals surface area contributed by atoms with Crippen LogP contribution in [0.15, 0.2) is 157 Å². The minimum atomic E-state index is -3.13. The maximum Gasteiger partial charge on any atom is -1.00 e. The van der Waals surface area contributed by atoms with E-state index < -0.39 is 20.3 Å². The van der Waals surface area contributed by atoms with Gasteiger partial charge in [0.05, 0.1) is 0 Å². The zero-order chi connectivity index (χ0) is 36.4. The molecule has 0 bridgehead atoms. The molecule has 57 heavy (non-hydrogen) atoms. The van der Waals surface area contributed by atoms with Crippen molar-refractivity contribution in [3.63, 3.8) is 0 Å². The van der Waals surface area contributed by atoms with Crippen LogP contribution < -0.4 is 24.8 Å². The fourth-order valence-corrected chi connectivity index (χ4v) is 35.9. The molecule has 0 aromatic heterocycles. The topological polar surface area (TPSA) is 0 Å². The fourth-order valence-electron chi connectivity index (χ4n) is 12.7. The Morgan fingerprint density at radius 3 is 1.14 bits per heavy atom. The third-order valence-electron chi connectivity index (χ3n) is 14.6. The van der Waals surface area contributed by atoms with Crippen molar-refractivity contribution in [3.8, 4) is 22.3 Å². The van der Waals surface area contributed by atoms with E-state index in [9.17, 15) is 0 Å². The van der Waals surface area contributed by atoms with Gasteiger partial charge < -0.3 is 24.8 Å². The number of hydrogen-bond acceptors (Lipinski definition) is 0. The van der Waals surface area contributed by atoms with Gasteiger partial charge in [0.2, 0.25) is 0 Å². The van der Waals surface area contributed by atoms with Gasteiger partial charge in [-0.25, -0.2) is 0 Å². The van der Waals surface area contributed by atoms with Crippen LogP contribution in [-0.2, 0) is 20.3 Å². The standard InChI is InChI=1S/2C24H17.C6H10.2ClH.Zr/c2*1-16-13-17-9-6-12-22(23(17)14-16)24-20-10-4-2-7-18(20)15-19-8-3-5-11-21(19)24;1-2-4-6-5-3-1;;;/h2*2-15H,1H3;1-2H,3-6H2;2*1H;/q;;;;;+2/p-2. The minimum Gasteiger partial charge on any atom is -1.00 e. The molecule has 4 atom stereocenters. The number of halogens is 2. The Kier molecular flexibility index (Phi) is 9.06. The summed E-state index contributed by atoms with van der Waals surface area (Å²) >= 11 is -3.13. The zero-order valence-corrected chi connectivity index (χ0v) is 36.4. The maximum atomic E-state index is 2.66. The molecule has 2 fully saturated rings. The van der Waals surface area contributed by atoms with Crippen LogP contribution in [0.25, 0.3) is 77.5 Å². The van der Waals surface area contributed by atoms with E-state index in [-0.39, 0.29) is 24.8 Å². The van der Waals surface area contributed by atoms with E-state index in [0.29, 0.717) is 7.25 Å². The van der Waals surface area contributed by atoms with E-state index in [1.54, 1.807) is 22.3 Å². The third-order valence-corrected chi connectivity index (χ3v) is 32.0. The van der Waals surface area contributed by atoms with Crippen LogP contribution in [0.2, 0.25) is 7.25 Å². The van der Waals surface area contributed by atoms with E-state index >= 15 is 0 Å². The smallest absolute Gasteiger partial charge is 1.00 e. The molecular formula is C54H44Cl2Zr. The molecule has 0 amide bonds. The molecule has 0 radical (unpaired) electrons. The summed E-state index contributed by atoms with van der Waals surface area (Å²) in [5, 5.41) is 10.7. The molecule has 12 rings (SSSR count). The molecule has 8 aromatic rings. The molecule has 1 aliphatic heterocycles. The van der Waals surface area contributed by atoms with Gasteiger partial charge in [0.15, 0.2) is 0 Å². The van der Waals surface area contributed by atoms with Crippen LogP contribution >= 0.6 is 0 Å². The number of allylic oxidation sites excluding steroid dienone is 2. The van der Waals surface area contributed by atoms with Gasteiger partial charge in [-0.1, -0.05) is 0 Å². The summed E-state index contributed by atoms with van der Waals surface area (Å²) in [5.41, 5.74) is 15.2. The van der Waals surface area contributed by atoms with Crippen molar-refractivity contribution < 1.29 is 45.1 Å². The SMILES string of the molecule is CC1=Cc2c(-c3c4ccccc4cc4ccccc34)cccc2[CH]1[Zr+2]1([CH]2C(C)=Cc3c(-c4c5ccccc5cc5ccccc45)cccc32)[CH]2CCCC[CH]21.[Cl-].[Cl-]. The molecule has 8 aromatic carbocycles. The van der Waals surface area contributed by atoms with Crippen LogP contribution in [0, 0.1) is 0 Å². The van der Waals surface area contributed by atoms with Gasteiger partial charge in [0.25, 0.3) is 0 Å². The summed E-state index contributed by atoms with van der Waals surface area (Å²) in [4.78, 5) is 0. The first-order chi connectivity index (χ1) is 27.1. The van der Waals surface area contributed by atoms with Crippen molar-refractivity contribution in [2.75, 3.05) is 0 Å². The van der Waals surface area contributed by atoms with E-state index in [0.717, 1.165) is 7.25 Å². The zero-order valence-electron chi connectivity index (χ0n) is 32.4. The monoisotopic (exact) mass is 852 g/mol. The molecule has 0 spiro atoms. The van der Waals surface area contributed by atoms with Crippen molar-refractivity contribution in [2.24, 2.45) is 0 Å².